The van der Waals surface area contributed by atoms with Crippen molar-refractivity contribution in [1.82, 2.24) is 4.57 Å². The minimum Gasteiger partial charge on any atom is -0.495 e. The molecule has 94 valence electrons. The van der Waals surface area contributed by atoms with Gasteiger partial charge < -0.3 is 9.84 Å². The Balaban J connectivity index is 2.89. The molecule has 5 nitrogen and oxygen atoms in total. The number of pyridine rings is 1. The number of ether oxygens (including phenoxy) is 1. The SMILES string of the molecule is COc1cccc2ccc(=O)n(C(C)C(=O)O)c12. The number of methoxy groups -OCH3 is 1. The van der Waals surface area contributed by atoms with Crippen LogP contribution in [0.25, 0.3) is 10.9 Å². The Hall–Kier alpha value is -2.30. The number of benzene rings is 1. The van der Waals surface area contributed by atoms with E-state index in [1.807, 2.05) is 6.07 Å². The first-order valence-corrected chi connectivity index (χ1v) is 5.47. The third-order valence-electron chi connectivity index (χ3n) is 2.88. The first-order valence-electron chi connectivity index (χ1n) is 5.47. The van der Waals surface area contributed by atoms with Crippen molar-refractivity contribution in [2.24, 2.45) is 0 Å². The molecule has 2 rings (SSSR count). The molecule has 1 unspecified atom stereocenters. The van der Waals surface area contributed by atoms with E-state index in [0.29, 0.717) is 11.3 Å². The second-order valence-corrected chi connectivity index (χ2v) is 3.95. The number of hydrogen-bond donors (Lipinski definition) is 1. The second-order valence-electron chi connectivity index (χ2n) is 3.95. The summed E-state index contributed by atoms with van der Waals surface area (Å²) in [6.07, 6.45) is 0. The predicted octanol–water partition coefficient (Wildman–Crippen LogP) is 1.66. The molecule has 0 fully saturated rings. The van der Waals surface area contributed by atoms with Gasteiger partial charge in [-0.1, -0.05) is 12.1 Å². The molecule has 1 N–H and O–H groups in total. The van der Waals surface area contributed by atoms with Crippen molar-refractivity contribution in [2.75, 3.05) is 7.11 Å². The van der Waals surface area contributed by atoms with Crippen LogP contribution in [0.5, 0.6) is 5.75 Å². The molecule has 0 saturated heterocycles. The number of aromatic nitrogens is 1. The average Bonchev–Trinajstić information content (AvgIpc) is 2.37. The molecule has 18 heavy (non-hydrogen) atoms. The van der Waals surface area contributed by atoms with Crippen molar-refractivity contribution in [2.45, 2.75) is 13.0 Å². The number of para-hydroxylation sites is 1. The smallest absolute Gasteiger partial charge is 0.326 e. The Morgan fingerprint density at radius 2 is 2.06 bits per heavy atom. The van der Waals surface area contributed by atoms with Crippen LogP contribution >= 0.6 is 0 Å². The van der Waals surface area contributed by atoms with E-state index in [4.69, 9.17) is 9.84 Å². The normalized spacial score (nSPS) is 12.3. The van der Waals surface area contributed by atoms with Crippen molar-refractivity contribution < 1.29 is 14.6 Å². The Bertz CT molecular complexity index is 660. The van der Waals surface area contributed by atoms with Gasteiger partial charge in [0.25, 0.3) is 5.56 Å². The fraction of sp³-hybridized carbons (Fsp3) is 0.231. The van der Waals surface area contributed by atoms with Crippen molar-refractivity contribution in [3.63, 3.8) is 0 Å². The number of rotatable bonds is 3. The molecule has 1 heterocycles. The molecule has 1 atom stereocenters. The summed E-state index contributed by atoms with van der Waals surface area (Å²) in [5.41, 5.74) is 0.143. The van der Waals surface area contributed by atoms with Crippen LogP contribution in [0.1, 0.15) is 13.0 Å². The number of carboxylic acids is 1. The highest BCUT2D eigenvalue weighted by Crippen LogP contribution is 2.26. The summed E-state index contributed by atoms with van der Waals surface area (Å²) >= 11 is 0. The molecule has 0 aliphatic heterocycles. The largest absolute Gasteiger partial charge is 0.495 e. The lowest BCUT2D eigenvalue weighted by Gasteiger charge is -2.16. The lowest BCUT2D eigenvalue weighted by atomic mass is 10.1. The van der Waals surface area contributed by atoms with Gasteiger partial charge in [-0.25, -0.2) is 4.79 Å². The highest BCUT2D eigenvalue weighted by atomic mass is 16.5. The van der Waals surface area contributed by atoms with Crippen LogP contribution in [0.15, 0.2) is 35.1 Å². The molecule has 1 aromatic carbocycles. The van der Waals surface area contributed by atoms with E-state index >= 15 is 0 Å². The fourth-order valence-electron chi connectivity index (χ4n) is 1.94. The average molecular weight is 247 g/mol. The van der Waals surface area contributed by atoms with Crippen LogP contribution in [0.2, 0.25) is 0 Å². The Morgan fingerprint density at radius 3 is 2.67 bits per heavy atom. The highest BCUT2D eigenvalue weighted by molar-refractivity contribution is 5.86. The number of nitrogens with zero attached hydrogens (tertiary/aromatic N) is 1. The standard InChI is InChI=1S/C13H13NO4/c1-8(13(16)17)14-11(15)7-6-9-4-3-5-10(18-2)12(9)14/h3-8H,1-2H3,(H,16,17). The summed E-state index contributed by atoms with van der Waals surface area (Å²) in [5, 5.41) is 9.85. The van der Waals surface area contributed by atoms with Crippen LogP contribution in [-0.2, 0) is 4.79 Å². The zero-order valence-electron chi connectivity index (χ0n) is 10.1. The quantitative estimate of drug-likeness (QED) is 0.895. The molecule has 1 aromatic heterocycles. The zero-order valence-corrected chi connectivity index (χ0v) is 10.1. The van der Waals surface area contributed by atoms with E-state index in [2.05, 4.69) is 0 Å². The minimum absolute atomic E-state index is 0.359. The van der Waals surface area contributed by atoms with Crippen LogP contribution < -0.4 is 10.3 Å². The summed E-state index contributed by atoms with van der Waals surface area (Å²) in [4.78, 5) is 23.0. The molecule has 0 radical (unpaired) electrons. The van der Waals surface area contributed by atoms with Crippen molar-refractivity contribution in [1.29, 1.82) is 0 Å². The number of carbonyl (C=O) groups is 1. The molecule has 0 spiro atoms. The first kappa shape index (κ1) is 12.2. The van der Waals surface area contributed by atoms with Gasteiger partial charge in [0, 0.05) is 11.5 Å². The van der Waals surface area contributed by atoms with Crippen LogP contribution in [0.4, 0.5) is 0 Å². The summed E-state index contributed by atoms with van der Waals surface area (Å²) in [5.74, 6) is -0.575. The van der Waals surface area contributed by atoms with E-state index in [0.717, 1.165) is 5.39 Å². The molecule has 5 heteroatoms. The number of carboxylic acid groups (broad SMARTS) is 1. The molecule has 0 saturated carbocycles. The Kier molecular flexibility index (Phi) is 3.06. The van der Waals surface area contributed by atoms with Gasteiger partial charge in [-0.2, -0.15) is 0 Å². The number of fused-ring (bicyclic) bond motifs is 1. The lowest BCUT2D eigenvalue weighted by Crippen LogP contribution is -2.27. The molecular weight excluding hydrogens is 234 g/mol. The third kappa shape index (κ3) is 1.84. The fourth-order valence-corrected chi connectivity index (χ4v) is 1.94. The summed E-state index contributed by atoms with van der Waals surface area (Å²) in [6.45, 7) is 1.47. The van der Waals surface area contributed by atoms with Gasteiger partial charge in [0.1, 0.15) is 11.8 Å². The van der Waals surface area contributed by atoms with E-state index in [9.17, 15) is 9.59 Å². The monoisotopic (exact) mass is 247 g/mol. The van der Waals surface area contributed by atoms with Gasteiger partial charge in [-0.3, -0.25) is 9.36 Å². The third-order valence-corrected chi connectivity index (χ3v) is 2.88. The van der Waals surface area contributed by atoms with Crippen molar-refractivity contribution in [3.05, 3.63) is 40.7 Å². The van der Waals surface area contributed by atoms with Gasteiger partial charge in [-0.05, 0) is 19.1 Å². The van der Waals surface area contributed by atoms with Gasteiger partial charge in [-0.15, -0.1) is 0 Å². The summed E-state index contributed by atoms with van der Waals surface area (Å²) < 4.78 is 6.43. The first-order chi connectivity index (χ1) is 8.56. The van der Waals surface area contributed by atoms with E-state index in [1.165, 1.54) is 24.7 Å². The van der Waals surface area contributed by atoms with Gasteiger partial charge >= 0.3 is 5.97 Å². The predicted molar refractivity (Wildman–Crippen MR) is 67.1 cm³/mol. The molecular formula is C13H13NO4. The zero-order chi connectivity index (χ0) is 13.3. The second kappa shape index (κ2) is 4.52. The van der Waals surface area contributed by atoms with Gasteiger partial charge in [0.05, 0.1) is 12.6 Å². The van der Waals surface area contributed by atoms with Crippen molar-refractivity contribution in [3.8, 4) is 5.75 Å². The minimum atomic E-state index is -1.06. The highest BCUT2D eigenvalue weighted by Gasteiger charge is 2.18. The maximum Gasteiger partial charge on any atom is 0.326 e. The molecule has 0 aliphatic rings. The van der Waals surface area contributed by atoms with Crippen LogP contribution in [-0.4, -0.2) is 22.8 Å². The van der Waals surface area contributed by atoms with Crippen LogP contribution in [0.3, 0.4) is 0 Å². The Morgan fingerprint density at radius 1 is 1.33 bits per heavy atom. The van der Waals surface area contributed by atoms with E-state index in [-0.39, 0.29) is 5.56 Å². The summed E-state index contributed by atoms with van der Waals surface area (Å²) in [7, 11) is 1.49. The number of hydrogen-bond acceptors (Lipinski definition) is 3. The van der Waals surface area contributed by atoms with Gasteiger partial charge in [0.15, 0.2) is 0 Å². The molecule has 0 aliphatic carbocycles. The Labute approximate surface area is 103 Å². The summed E-state index contributed by atoms with van der Waals surface area (Å²) in [6, 6.07) is 7.38. The van der Waals surface area contributed by atoms with Crippen LogP contribution in [0, 0.1) is 0 Å². The topological polar surface area (TPSA) is 68.5 Å². The molecule has 0 bridgehead atoms. The maximum absolute atomic E-state index is 11.9. The number of aliphatic carboxylic acids is 1. The van der Waals surface area contributed by atoms with E-state index in [1.54, 1.807) is 18.2 Å². The molecule has 0 amide bonds. The van der Waals surface area contributed by atoms with Gasteiger partial charge in [0.2, 0.25) is 0 Å². The molecule has 2 aromatic rings. The van der Waals surface area contributed by atoms with Crippen molar-refractivity contribution >= 4 is 16.9 Å². The lowest BCUT2D eigenvalue weighted by molar-refractivity contribution is -0.140. The maximum atomic E-state index is 11.9. The van der Waals surface area contributed by atoms with E-state index < -0.39 is 12.0 Å².